The van der Waals surface area contributed by atoms with Gasteiger partial charge in [-0.3, -0.25) is 9.80 Å². The van der Waals surface area contributed by atoms with Crippen molar-refractivity contribution >= 4 is 23.4 Å². The van der Waals surface area contributed by atoms with Gasteiger partial charge in [-0.1, -0.05) is 62.7 Å². The molecule has 210 valence electrons. The van der Waals surface area contributed by atoms with Crippen LogP contribution >= 0.6 is 11.6 Å². The van der Waals surface area contributed by atoms with Crippen LogP contribution < -0.4 is 4.90 Å². The first-order valence-electron chi connectivity index (χ1n) is 13.2. The number of hydrogen-bond acceptors (Lipinski definition) is 5. The summed E-state index contributed by atoms with van der Waals surface area (Å²) >= 11 is 6.23. The minimum absolute atomic E-state index is 0. The highest BCUT2D eigenvalue weighted by molar-refractivity contribution is 6.31. The zero-order valence-corrected chi connectivity index (χ0v) is 23.6. The van der Waals surface area contributed by atoms with Crippen LogP contribution in [0.5, 0.6) is 0 Å². The number of benzene rings is 2. The fourth-order valence-electron chi connectivity index (χ4n) is 4.98. The summed E-state index contributed by atoms with van der Waals surface area (Å²) in [5.41, 5.74) is 4.08. The fourth-order valence-corrected chi connectivity index (χ4v) is 5.20. The zero-order valence-electron chi connectivity index (χ0n) is 22.8. The van der Waals surface area contributed by atoms with Crippen molar-refractivity contribution in [3.05, 3.63) is 93.4 Å². The predicted molar refractivity (Wildman–Crippen MR) is 154 cm³/mol. The monoisotopic (exact) mass is 556 g/mol. The number of carboxylic acids is 1. The van der Waals surface area contributed by atoms with Gasteiger partial charge in [-0.2, -0.15) is 0 Å². The van der Waals surface area contributed by atoms with Gasteiger partial charge in [0.2, 0.25) is 0 Å². The molecule has 2 aromatic carbocycles. The molecule has 0 unspecified atom stereocenters. The quantitative estimate of drug-likeness (QED) is 0.368. The number of pyridine rings is 1. The molecule has 1 aliphatic heterocycles. The Morgan fingerprint density at radius 1 is 1.05 bits per heavy atom. The lowest BCUT2D eigenvalue weighted by Crippen LogP contribution is -2.46. The maximum Gasteiger partial charge on any atom is 0.339 e. The summed E-state index contributed by atoms with van der Waals surface area (Å²) in [5, 5.41) is 10.3. The summed E-state index contributed by atoms with van der Waals surface area (Å²) in [5.74, 6) is -0.495. The molecule has 0 aliphatic carbocycles. The minimum atomic E-state index is -0.919. The third-order valence-corrected chi connectivity index (χ3v) is 7.55. The molecule has 7 nitrogen and oxygen atoms in total. The Hall–Kier alpha value is -3.04. The molecule has 2 heterocycles. The highest BCUT2D eigenvalue weighted by atomic mass is 35.5. The van der Waals surface area contributed by atoms with E-state index in [4.69, 9.17) is 11.6 Å². The van der Waals surface area contributed by atoms with Crippen LogP contribution in [-0.2, 0) is 19.6 Å². The molecule has 0 spiro atoms. The van der Waals surface area contributed by atoms with Crippen molar-refractivity contribution in [2.24, 2.45) is 0 Å². The minimum Gasteiger partial charge on any atom is -0.478 e. The normalized spacial score (nSPS) is 14.1. The number of piperazine rings is 1. The molecule has 1 saturated heterocycles. The SMILES string of the molecule is CCN(Cc1ccc(CN2CCN(c3nccc(C(C)C)c3C(=O)O)CC2)cc1)Cc1c(F)cccc1Cl.O. The number of carbonyl (C=O) groups is 1. The zero-order chi connectivity index (χ0) is 27.2. The maximum atomic E-state index is 14.2. The van der Waals surface area contributed by atoms with Gasteiger partial charge in [-0.15, -0.1) is 0 Å². The van der Waals surface area contributed by atoms with Crippen molar-refractivity contribution in [3.8, 4) is 0 Å². The highest BCUT2D eigenvalue weighted by Gasteiger charge is 2.25. The van der Waals surface area contributed by atoms with Crippen LogP contribution in [0.1, 0.15) is 59.3 Å². The summed E-state index contributed by atoms with van der Waals surface area (Å²) in [6.45, 7) is 12.0. The molecule has 4 rings (SSSR count). The Morgan fingerprint density at radius 3 is 2.31 bits per heavy atom. The van der Waals surface area contributed by atoms with Crippen molar-refractivity contribution in [3.63, 3.8) is 0 Å². The van der Waals surface area contributed by atoms with E-state index in [9.17, 15) is 14.3 Å². The molecule has 9 heteroatoms. The van der Waals surface area contributed by atoms with Crippen LogP contribution in [0, 0.1) is 5.82 Å². The van der Waals surface area contributed by atoms with E-state index in [0.29, 0.717) is 35.1 Å². The van der Waals surface area contributed by atoms with Gasteiger partial charge in [-0.05, 0) is 47.4 Å². The molecule has 0 radical (unpaired) electrons. The lowest BCUT2D eigenvalue weighted by atomic mass is 9.98. The average molecular weight is 557 g/mol. The second kappa shape index (κ2) is 13.8. The van der Waals surface area contributed by atoms with Gasteiger partial charge in [0.25, 0.3) is 0 Å². The molecule has 0 atom stereocenters. The molecule has 3 N–H and O–H groups in total. The smallest absolute Gasteiger partial charge is 0.339 e. The van der Waals surface area contributed by atoms with E-state index >= 15 is 0 Å². The van der Waals surface area contributed by atoms with Crippen LogP contribution in [0.2, 0.25) is 5.02 Å². The van der Waals surface area contributed by atoms with Crippen molar-refractivity contribution in [1.82, 2.24) is 14.8 Å². The third kappa shape index (κ3) is 7.54. The standard InChI is InChI=1S/C30H36ClFN4O2.H2O/c1-4-34(20-25-26(31)6-5-7-27(25)32)18-22-8-10-23(11-9-22)19-35-14-16-36(17-15-35)29-28(30(37)38)24(21(2)3)12-13-33-29;/h5-13,21H,4,14-20H2,1-3H3,(H,37,38);1H2. The number of aromatic carboxylic acids is 1. The van der Waals surface area contributed by atoms with Gasteiger partial charge in [0.05, 0.1) is 0 Å². The lowest BCUT2D eigenvalue weighted by molar-refractivity contribution is 0.0695. The van der Waals surface area contributed by atoms with E-state index in [2.05, 4.69) is 50.9 Å². The van der Waals surface area contributed by atoms with Gasteiger partial charge in [0, 0.05) is 62.6 Å². The number of rotatable bonds is 10. The molecular formula is C30H38ClFN4O3. The number of carboxylic acid groups (broad SMARTS) is 1. The first-order valence-corrected chi connectivity index (χ1v) is 13.6. The number of hydrogen-bond donors (Lipinski definition) is 1. The summed E-state index contributed by atoms with van der Waals surface area (Å²) in [6, 6.07) is 15.2. The van der Waals surface area contributed by atoms with Crippen LogP contribution in [-0.4, -0.2) is 64.1 Å². The van der Waals surface area contributed by atoms with Crippen LogP contribution in [0.3, 0.4) is 0 Å². The van der Waals surface area contributed by atoms with E-state index in [0.717, 1.165) is 44.8 Å². The Labute approximate surface area is 235 Å². The largest absolute Gasteiger partial charge is 0.478 e. The number of anilines is 1. The van der Waals surface area contributed by atoms with Gasteiger partial charge in [-0.25, -0.2) is 14.2 Å². The molecule has 1 aromatic heterocycles. The Balaban J connectivity index is 0.00000420. The Morgan fingerprint density at radius 2 is 1.72 bits per heavy atom. The lowest BCUT2D eigenvalue weighted by Gasteiger charge is -2.36. The van der Waals surface area contributed by atoms with Gasteiger partial charge in [0.1, 0.15) is 17.2 Å². The van der Waals surface area contributed by atoms with E-state index in [-0.39, 0.29) is 17.2 Å². The van der Waals surface area contributed by atoms with Crippen LogP contribution in [0.25, 0.3) is 0 Å². The van der Waals surface area contributed by atoms with E-state index < -0.39 is 5.97 Å². The van der Waals surface area contributed by atoms with Crippen LogP contribution in [0.15, 0.2) is 54.7 Å². The van der Waals surface area contributed by atoms with E-state index in [1.54, 1.807) is 18.3 Å². The van der Waals surface area contributed by atoms with Crippen molar-refractivity contribution in [2.75, 3.05) is 37.6 Å². The van der Waals surface area contributed by atoms with Crippen LogP contribution in [0.4, 0.5) is 10.2 Å². The molecule has 0 bridgehead atoms. The first-order chi connectivity index (χ1) is 18.3. The number of halogens is 2. The molecule has 3 aromatic rings. The molecule has 0 amide bonds. The molecule has 39 heavy (non-hydrogen) atoms. The molecule has 0 saturated carbocycles. The van der Waals surface area contributed by atoms with Gasteiger partial charge in [0.15, 0.2) is 0 Å². The second-order valence-electron chi connectivity index (χ2n) is 10.1. The van der Waals surface area contributed by atoms with Crippen molar-refractivity contribution < 1.29 is 19.8 Å². The number of nitrogens with zero attached hydrogens (tertiary/aromatic N) is 4. The summed E-state index contributed by atoms with van der Waals surface area (Å²) in [6.07, 6.45) is 1.72. The molecule has 1 aliphatic rings. The highest BCUT2D eigenvalue weighted by Crippen LogP contribution is 2.28. The second-order valence-corrected chi connectivity index (χ2v) is 10.5. The van der Waals surface area contributed by atoms with Gasteiger partial charge < -0.3 is 15.5 Å². The molecule has 1 fully saturated rings. The number of aromatic nitrogens is 1. The first kappa shape index (κ1) is 30.5. The third-order valence-electron chi connectivity index (χ3n) is 7.20. The average Bonchev–Trinajstić information content (AvgIpc) is 2.91. The summed E-state index contributed by atoms with van der Waals surface area (Å²) < 4.78 is 14.2. The Kier molecular flexibility index (Phi) is 10.8. The summed E-state index contributed by atoms with van der Waals surface area (Å²) in [7, 11) is 0. The van der Waals surface area contributed by atoms with Gasteiger partial charge >= 0.3 is 5.97 Å². The van der Waals surface area contributed by atoms with E-state index in [1.165, 1.54) is 17.2 Å². The predicted octanol–water partition coefficient (Wildman–Crippen LogP) is 5.22. The topological polar surface area (TPSA) is 91.4 Å². The summed E-state index contributed by atoms with van der Waals surface area (Å²) in [4.78, 5) is 23.1. The van der Waals surface area contributed by atoms with Crippen molar-refractivity contribution in [1.29, 1.82) is 0 Å². The fraction of sp³-hybridized carbons (Fsp3) is 0.400. The molecular weight excluding hydrogens is 519 g/mol. The maximum absolute atomic E-state index is 14.2. The van der Waals surface area contributed by atoms with E-state index in [1.807, 2.05) is 19.9 Å². The Bertz CT molecular complexity index is 1230. The van der Waals surface area contributed by atoms with Crippen molar-refractivity contribution in [2.45, 2.75) is 46.3 Å².